The molecule has 1 N–H and O–H groups in total. The Hall–Kier alpha value is -1.22. The lowest BCUT2D eigenvalue weighted by atomic mass is 10.3. The molecule has 0 aliphatic heterocycles. The molecule has 2 rings (SSSR count). The van der Waals surface area contributed by atoms with E-state index in [1.807, 2.05) is 13.0 Å². The maximum atomic E-state index is 9.52. The molecular weight excluding hydrogens is 188 g/mol. The molecule has 0 saturated carbocycles. The minimum absolute atomic E-state index is 0.166. The van der Waals surface area contributed by atoms with Crippen LogP contribution in [0.1, 0.15) is 12.6 Å². The number of pyridine rings is 1. The van der Waals surface area contributed by atoms with Crippen molar-refractivity contribution in [1.29, 1.82) is 0 Å². The van der Waals surface area contributed by atoms with Crippen LogP contribution in [0.5, 0.6) is 5.75 Å². The Bertz CT molecular complexity index is 450. The van der Waals surface area contributed by atoms with E-state index in [1.165, 1.54) is 6.07 Å². The molecule has 0 atom stereocenters. The van der Waals surface area contributed by atoms with E-state index >= 15 is 0 Å². The zero-order valence-electron chi connectivity index (χ0n) is 7.16. The molecule has 3 nitrogen and oxygen atoms in total. The number of nitrogens with zero attached hydrogens (tertiary/aromatic N) is 2. The fourth-order valence-electron chi connectivity index (χ4n) is 1.27. The van der Waals surface area contributed by atoms with Crippen LogP contribution in [0.2, 0.25) is 5.02 Å². The summed E-state index contributed by atoms with van der Waals surface area (Å²) < 4.78 is 1.59. The van der Waals surface area contributed by atoms with Crippen LogP contribution < -0.4 is 0 Å². The molecule has 0 radical (unpaired) electrons. The van der Waals surface area contributed by atoms with Gasteiger partial charge in [0.25, 0.3) is 0 Å². The van der Waals surface area contributed by atoms with E-state index in [4.69, 9.17) is 11.6 Å². The van der Waals surface area contributed by atoms with Crippen LogP contribution in [-0.2, 0) is 6.42 Å². The van der Waals surface area contributed by atoms with Gasteiger partial charge < -0.3 is 5.11 Å². The molecule has 0 saturated heterocycles. The maximum absolute atomic E-state index is 9.52. The summed E-state index contributed by atoms with van der Waals surface area (Å²) >= 11 is 5.76. The molecule has 13 heavy (non-hydrogen) atoms. The number of fused-ring (bicyclic) bond motifs is 1. The molecule has 0 aliphatic rings. The van der Waals surface area contributed by atoms with Crippen LogP contribution in [0.4, 0.5) is 0 Å². The van der Waals surface area contributed by atoms with Crippen LogP contribution >= 0.6 is 11.6 Å². The molecule has 0 aliphatic carbocycles. The molecule has 2 aromatic heterocycles. The van der Waals surface area contributed by atoms with E-state index in [2.05, 4.69) is 5.10 Å². The van der Waals surface area contributed by atoms with Gasteiger partial charge in [0.05, 0.1) is 10.7 Å². The van der Waals surface area contributed by atoms with Crippen molar-refractivity contribution in [3.8, 4) is 5.75 Å². The van der Waals surface area contributed by atoms with E-state index in [-0.39, 0.29) is 5.75 Å². The van der Waals surface area contributed by atoms with Crippen LogP contribution in [0.3, 0.4) is 0 Å². The van der Waals surface area contributed by atoms with Crippen LogP contribution in [0, 0.1) is 0 Å². The lowest BCUT2D eigenvalue weighted by Crippen LogP contribution is -1.87. The predicted octanol–water partition coefficient (Wildman–Crippen LogP) is 2.26. The standard InChI is InChI=1S/C9H9ClN2O/c1-2-7-4-8-9(13)3-6(10)5-12(8)11-7/h3-5,13H,2H2,1H3. The Labute approximate surface area is 80.6 Å². The van der Waals surface area contributed by atoms with Gasteiger partial charge in [0.1, 0.15) is 11.3 Å². The van der Waals surface area contributed by atoms with Gasteiger partial charge in [-0.1, -0.05) is 18.5 Å². The van der Waals surface area contributed by atoms with E-state index < -0.39 is 0 Å². The average molecular weight is 197 g/mol. The summed E-state index contributed by atoms with van der Waals surface area (Å²) in [4.78, 5) is 0. The van der Waals surface area contributed by atoms with Gasteiger partial charge in [0.15, 0.2) is 0 Å². The molecule has 0 fully saturated rings. The Kier molecular flexibility index (Phi) is 1.88. The van der Waals surface area contributed by atoms with Crippen LogP contribution in [-0.4, -0.2) is 14.7 Å². The summed E-state index contributed by atoms with van der Waals surface area (Å²) in [5.41, 5.74) is 1.64. The predicted molar refractivity (Wildman–Crippen MR) is 51.2 cm³/mol. The first kappa shape index (κ1) is 8.38. The molecule has 68 valence electrons. The molecule has 0 spiro atoms. The molecule has 0 unspecified atom stereocenters. The molecule has 0 aromatic carbocycles. The monoisotopic (exact) mass is 196 g/mol. The van der Waals surface area contributed by atoms with E-state index in [9.17, 15) is 5.11 Å². The highest BCUT2D eigenvalue weighted by Gasteiger charge is 2.05. The second-order valence-electron chi connectivity index (χ2n) is 2.86. The van der Waals surface area contributed by atoms with E-state index in [0.29, 0.717) is 10.5 Å². The number of aryl methyl sites for hydroxylation is 1. The van der Waals surface area contributed by atoms with Gasteiger partial charge in [0.2, 0.25) is 0 Å². The third-order valence-corrected chi connectivity index (χ3v) is 2.14. The molecular formula is C9H9ClN2O. The summed E-state index contributed by atoms with van der Waals surface area (Å²) in [6.07, 6.45) is 2.52. The van der Waals surface area contributed by atoms with Gasteiger partial charge in [-0.3, -0.25) is 0 Å². The molecule has 2 aromatic rings. The van der Waals surface area contributed by atoms with Gasteiger partial charge in [-0.2, -0.15) is 5.10 Å². The summed E-state index contributed by atoms with van der Waals surface area (Å²) in [6, 6.07) is 3.36. The zero-order valence-corrected chi connectivity index (χ0v) is 7.91. The van der Waals surface area contributed by atoms with E-state index in [0.717, 1.165) is 12.1 Å². The number of aromatic nitrogens is 2. The Morgan fingerprint density at radius 2 is 2.31 bits per heavy atom. The number of hydrogen-bond donors (Lipinski definition) is 1. The maximum Gasteiger partial charge on any atom is 0.142 e. The fraction of sp³-hybridized carbons (Fsp3) is 0.222. The van der Waals surface area contributed by atoms with Gasteiger partial charge in [-0.25, -0.2) is 4.52 Å². The lowest BCUT2D eigenvalue weighted by molar-refractivity contribution is 0.478. The van der Waals surface area contributed by atoms with Crippen molar-refractivity contribution in [2.24, 2.45) is 0 Å². The van der Waals surface area contributed by atoms with Gasteiger partial charge >= 0.3 is 0 Å². The molecule has 4 heteroatoms. The average Bonchev–Trinajstić information content (AvgIpc) is 2.47. The van der Waals surface area contributed by atoms with E-state index in [1.54, 1.807) is 10.7 Å². The van der Waals surface area contributed by atoms with Crippen molar-refractivity contribution in [1.82, 2.24) is 9.61 Å². The van der Waals surface area contributed by atoms with Gasteiger partial charge in [0, 0.05) is 12.3 Å². The number of aromatic hydroxyl groups is 1. The first-order valence-corrected chi connectivity index (χ1v) is 4.45. The van der Waals surface area contributed by atoms with Crippen molar-refractivity contribution in [2.45, 2.75) is 13.3 Å². The van der Waals surface area contributed by atoms with Crippen LogP contribution in [0.15, 0.2) is 18.3 Å². The van der Waals surface area contributed by atoms with Gasteiger partial charge in [-0.05, 0) is 12.5 Å². The smallest absolute Gasteiger partial charge is 0.142 e. The molecule has 2 heterocycles. The second kappa shape index (κ2) is 2.92. The Balaban J connectivity index is 2.75. The first-order valence-electron chi connectivity index (χ1n) is 4.07. The quantitative estimate of drug-likeness (QED) is 0.760. The Morgan fingerprint density at radius 1 is 1.54 bits per heavy atom. The molecule has 0 bridgehead atoms. The minimum atomic E-state index is 0.166. The summed E-state index contributed by atoms with van der Waals surface area (Å²) in [7, 11) is 0. The first-order chi connectivity index (χ1) is 6.20. The summed E-state index contributed by atoms with van der Waals surface area (Å²) in [5.74, 6) is 0.166. The largest absolute Gasteiger partial charge is 0.506 e. The Morgan fingerprint density at radius 3 is 3.00 bits per heavy atom. The fourth-order valence-corrected chi connectivity index (χ4v) is 1.46. The second-order valence-corrected chi connectivity index (χ2v) is 3.30. The topological polar surface area (TPSA) is 37.5 Å². The third-order valence-electron chi connectivity index (χ3n) is 1.93. The SMILES string of the molecule is CCc1cc2c(O)cc(Cl)cn2n1. The van der Waals surface area contributed by atoms with Gasteiger partial charge in [-0.15, -0.1) is 0 Å². The highest BCUT2D eigenvalue weighted by molar-refractivity contribution is 6.30. The highest BCUT2D eigenvalue weighted by atomic mass is 35.5. The van der Waals surface area contributed by atoms with Crippen molar-refractivity contribution in [3.05, 3.63) is 29.0 Å². The number of hydrogen-bond acceptors (Lipinski definition) is 2. The normalized spacial score (nSPS) is 10.9. The van der Waals surface area contributed by atoms with Crippen molar-refractivity contribution in [2.75, 3.05) is 0 Å². The number of rotatable bonds is 1. The lowest BCUT2D eigenvalue weighted by Gasteiger charge is -1.96. The molecule has 0 amide bonds. The number of halogens is 1. The summed E-state index contributed by atoms with van der Waals surface area (Å²) in [5, 5.41) is 14.2. The van der Waals surface area contributed by atoms with Crippen molar-refractivity contribution in [3.63, 3.8) is 0 Å². The summed E-state index contributed by atoms with van der Waals surface area (Å²) in [6.45, 7) is 2.01. The third kappa shape index (κ3) is 1.35. The van der Waals surface area contributed by atoms with Crippen LogP contribution in [0.25, 0.3) is 5.52 Å². The highest BCUT2D eigenvalue weighted by Crippen LogP contribution is 2.23. The zero-order chi connectivity index (χ0) is 9.42. The van der Waals surface area contributed by atoms with Crippen molar-refractivity contribution >= 4 is 17.1 Å². The minimum Gasteiger partial charge on any atom is -0.506 e. The van der Waals surface area contributed by atoms with Crippen molar-refractivity contribution < 1.29 is 5.11 Å².